The van der Waals surface area contributed by atoms with Crippen molar-refractivity contribution in [1.29, 1.82) is 0 Å². The van der Waals surface area contributed by atoms with Gasteiger partial charge < -0.3 is 10.6 Å². The molecular weight excluding hydrogens is 212 g/mol. The van der Waals surface area contributed by atoms with Crippen molar-refractivity contribution in [3.8, 4) is 0 Å². The first kappa shape index (κ1) is 11.5. The third-order valence-electron chi connectivity index (χ3n) is 2.81. The van der Waals surface area contributed by atoms with Gasteiger partial charge in [-0.2, -0.15) is 5.10 Å². The molecule has 0 aliphatic carbocycles. The lowest BCUT2D eigenvalue weighted by atomic mass is 10.2. The normalized spacial score (nSPS) is 10.5. The Morgan fingerprint density at radius 1 is 1.35 bits per heavy atom. The lowest BCUT2D eigenvalue weighted by Crippen LogP contribution is -2.18. The van der Waals surface area contributed by atoms with Gasteiger partial charge in [0, 0.05) is 25.5 Å². The number of aryl methyl sites for hydroxylation is 2. The summed E-state index contributed by atoms with van der Waals surface area (Å²) in [6.45, 7) is 5.03. The van der Waals surface area contributed by atoms with E-state index in [1.807, 2.05) is 25.4 Å². The van der Waals surface area contributed by atoms with Crippen molar-refractivity contribution in [2.24, 2.45) is 7.05 Å². The molecule has 0 spiro atoms. The number of nitrogens with two attached hydrogens (primary N) is 1. The first-order chi connectivity index (χ1) is 8.13. The molecule has 4 nitrogen and oxygen atoms in total. The summed E-state index contributed by atoms with van der Waals surface area (Å²) in [5.41, 5.74) is 9.06. The average molecular weight is 230 g/mol. The minimum atomic E-state index is 0.706. The van der Waals surface area contributed by atoms with Gasteiger partial charge in [0.25, 0.3) is 0 Å². The molecule has 0 aliphatic heterocycles. The molecule has 17 heavy (non-hydrogen) atoms. The van der Waals surface area contributed by atoms with Crippen LogP contribution < -0.4 is 10.6 Å². The quantitative estimate of drug-likeness (QED) is 0.881. The van der Waals surface area contributed by atoms with E-state index in [1.54, 1.807) is 4.68 Å². The number of hydrogen-bond donors (Lipinski definition) is 1. The molecule has 1 aromatic heterocycles. The van der Waals surface area contributed by atoms with Crippen LogP contribution in [0, 0.1) is 6.92 Å². The Hall–Kier alpha value is -1.97. The predicted molar refractivity (Wildman–Crippen MR) is 71.5 cm³/mol. The Bertz CT molecular complexity index is 516. The highest BCUT2D eigenvalue weighted by atomic mass is 15.3. The Balaban J connectivity index is 2.47. The number of anilines is 3. The van der Waals surface area contributed by atoms with Crippen LogP contribution in [0.5, 0.6) is 0 Å². The standard InChI is InChI=1S/C13H18N4/c1-4-17(12-8-6-5-7-10(12)2)13-11(14)9-16(3)15-13/h5-9H,4,14H2,1-3H3. The van der Waals surface area contributed by atoms with E-state index in [9.17, 15) is 0 Å². The molecule has 0 saturated carbocycles. The summed E-state index contributed by atoms with van der Waals surface area (Å²) in [6, 6.07) is 8.25. The molecule has 0 saturated heterocycles. The molecule has 90 valence electrons. The highest BCUT2D eigenvalue weighted by molar-refractivity contribution is 5.72. The first-order valence-electron chi connectivity index (χ1n) is 5.75. The van der Waals surface area contributed by atoms with Gasteiger partial charge in [-0.25, -0.2) is 0 Å². The van der Waals surface area contributed by atoms with Crippen molar-refractivity contribution in [3.63, 3.8) is 0 Å². The van der Waals surface area contributed by atoms with Gasteiger partial charge in [-0.05, 0) is 25.5 Å². The second kappa shape index (κ2) is 4.49. The molecule has 0 amide bonds. The van der Waals surface area contributed by atoms with Crippen molar-refractivity contribution < 1.29 is 0 Å². The Labute approximate surface area is 102 Å². The maximum atomic E-state index is 5.98. The van der Waals surface area contributed by atoms with Crippen molar-refractivity contribution in [2.45, 2.75) is 13.8 Å². The molecule has 2 rings (SSSR count). The number of nitrogens with zero attached hydrogens (tertiary/aromatic N) is 3. The second-order valence-electron chi connectivity index (χ2n) is 4.11. The zero-order chi connectivity index (χ0) is 12.4. The molecule has 0 fully saturated rings. The van der Waals surface area contributed by atoms with Crippen LogP contribution in [0.2, 0.25) is 0 Å². The van der Waals surface area contributed by atoms with Crippen LogP contribution in [-0.4, -0.2) is 16.3 Å². The third-order valence-corrected chi connectivity index (χ3v) is 2.81. The predicted octanol–water partition coefficient (Wildman–Crippen LogP) is 2.47. The number of nitrogen functional groups attached to an aromatic ring is 1. The highest BCUT2D eigenvalue weighted by Gasteiger charge is 2.15. The lowest BCUT2D eigenvalue weighted by molar-refractivity contribution is 0.760. The molecule has 2 N–H and O–H groups in total. The summed E-state index contributed by atoms with van der Waals surface area (Å²) in [5, 5.41) is 4.42. The Morgan fingerprint density at radius 2 is 2.06 bits per heavy atom. The van der Waals surface area contributed by atoms with E-state index < -0.39 is 0 Å². The molecule has 4 heteroatoms. The smallest absolute Gasteiger partial charge is 0.178 e. The fourth-order valence-electron chi connectivity index (χ4n) is 2.01. The summed E-state index contributed by atoms with van der Waals surface area (Å²) in [6.07, 6.45) is 1.83. The van der Waals surface area contributed by atoms with Crippen LogP contribution in [-0.2, 0) is 7.05 Å². The number of benzene rings is 1. The number of rotatable bonds is 3. The van der Waals surface area contributed by atoms with E-state index in [-0.39, 0.29) is 0 Å². The topological polar surface area (TPSA) is 47.1 Å². The SMILES string of the molecule is CCN(c1ccccc1C)c1nn(C)cc1N. The number of para-hydroxylation sites is 1. The molecular formula is C13H18N4. The van der Waals surface area contributed by atoms with Crippen molar-refractivity contribution in [2.75, 3.05) is 17.2 Å². The van der Waals surface area contributed by atoms with E-state index >= 15 is 0 Å². The molecule has 0 aliphatic rings. The minimum Gasteiger partial charge on any atom is -0.394 e. The van der Waals surface area contributed by atoms with Crippen molar-refractivity contribution in [3.05, 3.63) is 36.0 Å². The molecule has 1 heterocycles. The first-order valence-corrected chi connectivity index (χ1v) is 5.75. The van der Waals surface area contributed by atoms with E-state index in [2.05, 4.69) is 36.0 Å². The molecule has 0 unspecified atom stereocenters. The van der Waals surface area contributed by atoms with Gasteiger partial charge in [0.05, 0.1) is 5.69 Å². The van der Waals surface area contributed by atoms with Crippen LogP contribution in [0.25, 0.3) is 0 Å². The van der Waals surface area contributed by atoms with Gasteiger partial charge in [0.2, 0.25) is 0 Å². The zero-order valence-electron chi connectivity index (χ0n) is 10.5. The average Bonchev–Trinajstić information content (AvgIpc) is 2.62. The Kier molecular flexibility index (Phi) is 3.04. The fourth-order valence-corrected chi connectivity index (χ4v) is 2.01. The molecule has 0 bridgehead atoms. The van der Waals surface area contributed by atoms with Crippen LogP contribution in [0.3, 0.4) is 0 Å². The molecule has 0 atom stereocenters. The molecule has 0 radical (unpaired) electrons. The van der Waals surface area contributed by atoms with Crippen molar-refractivity contribution >= 4 is 17.2 Å². The van der Waals surface area contributed by atoms with E-state index in [0.29, 0.717) is 5.69 Å². The van der Waals surface area contributed by atoms with Gasteiger partial charge in [-0.1, -0.05) is 18.2 Å². The number of hydrogen-bond acceptors (Lipinski definition) is 3. The minimum absolute atomic E-state index is 0.706. The summed E-state index contributed by atoms with van der Waals surface area (Å²) in [4.78, 5) is 2.13. The van der Waals surface area contributed by atoms with E-state index in [1.165, 1.54) is 5.56 Å². The van der Waals surface area contributed by atoms with Crippen LogP contribution in [0.15, 0.2) is 30.5 Å². The summed E-state index contributed by atoms with van der Waals surface area (Å²) < 4.78 is 1.74. The molecule has 1 aromatic carbocycles. The monoisotopic (exact) mass is 230 g/mol. The number of aromatic nitrogens is 2. The van der Waals surface area contributed by atoms with Gasteiger partial charge in [0.15, 0.2) is 5.82 Å². The van der Waals surface area contributed by atoms with Crippen LogP contribution >= 0.6 is 0 Å². The second-order valence-corrected chi connectivity index (χ2v) is 4.11. The third kappa shape index (κ3) is 2.11. The van der Waals surface area contributed by atoms with Gasteiger partial charge in [-0.15, -0.1) is 0 Å². The van der Waals surface area contributed by atoms with Crippen molar-refractivity contribution in [1.82, 2.24) is 9.78 Å². The van der Waals surface area contributed by atoms with Crippen LogP contribution in [0.1, 0.15) is 12.5 Å². The fraction of sp³-hybridized carbons (Fsp3) is 0.308. The van der Waals surface area contributed by atoms with Gasteiger partial charge in [0.1, 0.15) is 0 Å². The maximum absolute atomic E-state index is 5.98. The van der Waals surface area contributed by atoms with Gasteiger partial charge >= 0.3 is 0 Å². The van der Waals surface area contributed by atoms with Gasteiger partial charge in [-0.3, -0.25) is 4.68 Å². The summed E-state index contributed by atoms with van der Waals surface area (Å²) in [7, 11) is 1.88. The summed E-state index contributed by atoms with van der Waals surface area (Å²) >= 11 is 0. The largest absolute Gasteiger partial charge is 0.394 e. The van der Waals surface area contributed by atoms with E-state index in [4.69, 9.17) is 5.73 Å². The summed E-state index contributed by atoms with van der Waals surface area (Å²) in [5.74, 6) is 0.823. The highest BCUT2D eigenvalue weighted by Crippen LogP contribution is 2.30. The Morgan fingerprint density at radius 3 is 2.59 bits per heavy atom. The zero-order valence-corrected chi connectivity index (χ0v) is 10.5. The lowest BCUT2D eigenvalue weighted by Gasteiger charge is -2.23. The molecule has 2 aromatic rings. The maximum Gasteiger partial charge on any atom is 0.178 e. The van der Waals surface area contributed by atoms with E-state index in [0.717, 1.165) is 18.1 Å². The van der Waals surface area contributed by atoms with Crippen LogP contribution in [0.4, 0.5) is 17.2 Å².